The van der Waals surface area contributed by atoms with E-state index in [-0.39, 0.29) is 5.54 Å². The van der Waals surface area contributed by atoms with Crippen LogP contribution in [-0.4, -0.2) is 19.3 Å². The van der Waals surface area contributed by atoms with E-state index in [1.165, 1.54) is 0 Å². The monoisotopic (exact) mass is 309 g/mol. The molecule has 4 heteroatoms. The number of halogens is 1. The summed E-state index contributed by atoms with van der Waals surface area (Å²) in [6.07, 6.45) is 6.77. The van der Waals surface area contributed by atoms with Crippen LogP contribution in [0.25, 0.3) is 0 Å². The molecule has 0 atom stereocenters. The number of terminal acetylenes is 1. The van der Waals surface area contributed by atoms with Crippen molar-refractivity contribution in [2.75, 3.05) is 13.7 Å². The summed E-state index contributed by atoms with van der Waals surface area (Å²) in [5.74, 6) is 3.99. The second-order valence-corrected chi connectivity index (χ2v) is 6.29. The van der Waals surface area contributed by atoms with E-state index in [2.05, 4.69) is 32.0 Å². The van der Waals surface area contributed by atoms with Gasteiger partial charge in [-0.05, 0) is 33.3 Å². The Hall–Kier alpha value is -1.37. The Morgan fingerprint density at radius 2 is 2.05 bits per heavy atom. The quantitative estimate of drug-likeness (QED) is 0.609. The van der Waals surface area contributed by atoms with Crippen molar-refractivity contribution < 1.29 is 9.47 Å². The van der Waals surface area contributed by atoms with Gasteiger partial charge in [-0.15, -0.1) is 12.3 Å². The zero-order valence-corrected chi connectivity index (χ0v) is 14.0. The molecule has 1 N–H and O–H groups in total. The van der Waals surface area contributed by atoms with E-state index in [9.17, 15) is 0 Å². The van der Waals surface area contributed by atoms with Gasteiger partial charge in [-0.1, -0.05) is 11.6 Å². The van der Waals surface area contributed by atoms with Gasteiger partial charge >= 0.3 is 0 Å². The normalized spacial score (nSPS) is 11.0. The summed E-state index contributed by atoms with van der Waals surface area (Å²) in [6.45, 7) is 7.56. The van der Waals surface area contributed by atoms with Crippen LogP contribution in [0.1, 0.15) is 39.2 Å². The summed E-state index contributed by atoms with van der Waals surface area (Å²) in [5, 5.41) is 4.07. The van der Waals surface area contributed by atoms with Gasteiger partial charge in [0.2, 0.25) is 0 Å². The summed E-state index contributed by atoms with van der Waals surface area (Å²) in [7, 11) is 1.61. The first-order chi connectivity index (χ1) is 9.87. The van der Waals surface area contributed by atoms with Gasteiger partial charge in [0, 0.05) is 35.2 Å². The highest BCUT2D eigenvalue weighted by Gasteiger charge is 2.15. The van der Waals surface area contributed by atoms with Crippen molar-refractivity contribution in [3.05, 3.63) is 22.7 Å². The lowest BCUT2D eigenvalue weighted by Crippen LogP contribution is -2.35. The van der Waals surface area contributed by atoms with Crippen molar-refractivity contribution in [2.24, 2.45) is 0 Å². The van der Waals surface area contributed by atoms with Crippen molar-refractivity contribution in [1.82, 2.24) is 5.32 Å². The van der Waals surface area contributed by atoms with Crippen LogP contribution in [0.4, 0.5) is 0 Å². The van der Waals surface area contributed by atoms with E-state index in [1.54, 1.807) is 13.2 Å². The van der Waals surface area contributed by atoms with Crippen molar-refractivity contribution >= 4 is 11.6 Å². The third-order valence-electron chi connectivity index (χ3n) is 2.84. The second kappa shape index (κ2) is 8.17. The van der Waals surface area contributed by atoms with Crippen LogP contribution in [-0.2, 0) is 6.54 Å². The molecule has 0 saturated heterocycles. The summed E-state index contributed by atoms with van der Waals surface area (Å²) in [6, 6.07) is 3.66. The van der Waals surface area contributed by atoms with Crippen molar-refractivity contribution in [2.45, 2.75) is 45.7 Å². The molecule has 0 spiro atoms. The number of rotatable bonds is 7. The fourth-order valence-electron chi connectivity index (χ4n) is 1.78. The average molecular weight is 310 g/mol. The molecule has 1 rings (SSSR count). The second-order valence-electron chi connectivity index (χ2n) is 5.86. The molecule has 1 aromatic carbocycles. The Morgan fingerprint density at radius 3 is 2.62 bits per heavy atom. The average Bonchev–Trinajstić information content (AvgIpc) is 2.41. The first-order valence-corrected chi connectivity index (χ1v) is 7.43. The Bertz CT molecular complexity index is 501. The van der Waals surface area contributed by atoms with Crippen LogP contribution in [0.15, 0.2) is 12.1 Å². The van der Waals surface area contributed by atoms with E-state index >= 15 is 0 Å². The van der Waals surface area contributed by atoms with Gasteiger partial charge in [0.25, 0.3) is 0 Å². The maximum Gasteiger partial charge on any atom is 0.165 e. The standard InChI is InChI=1S/C17H24ClNO2/c1-6-7-8-9-21-16-13(12-19-17(2,3)4)10-14(18)11-15(16)20-5/h1,10-11,19H,7-9,12H2,2-5H3. The number of hydrogen-bond donors (Lipinski definition) is 1. The molecule has 21 heavy (non-hydrogen) atoms. The minimum atomic E-state index is 0.0102. The van der Waals surface area contributed by atoms with Gasteiger partial charge in [0.05, 0.1) is 13.7 Å². The predicted octanol–water partition coefficient (Wildman–Crippen LogP) is 4.03. The molecule has 0 aliphatic rings. The molecule has 0 bridgehead atoms. The molecule has 0 heterocycles. The van der Waals surface area contributed by atoms with E-state index in [0.717, 1.165) is 17.7 Å². The first-order valence-electron chi connectivity index (χ1n) is 7.05. The molecule has 3 nitrogen and oxygen atoms in total. The lowest BCUT2D eigenvalue weighted by atomic mass is 10.1. The Morgan fingerprint density at radius 1 is 1.33 bits per heavy atom. The van der Waals surface area contributed by atoms with E-state index in [0.29, 0.717) is 30.3 Å². The number of ether oxygens (including phenoxy) is 2. The lowest BCUT2D eigenvalue weighted by Gasteiger charge is -2.22. The van der Waals surface area contributed by atoms with Crippen LogP contribution in [0, 0.1) is 12.3 Å². The zero-order chi connectivity index (χ0) is 15.9. The highest BCUT2D eigenvalue weighted by Crippen LogP contribution is 2.35. The molecule has 0 aliphatic heterocycles. The molecular formula is C17H24ClNO2. The molecular weight excluding hydrogens is 286 g/mol. The third-order valence-corrected chi connectivity index (χ3v) is 3.06. The zero-order valence-electron chi connectivity index (χ0n) is 13.3. The number of methoxy groups -OCH3 is 1. The molecule has 0 fully saturated rings. The van der Waals surface area contributed by atoms with Crippen LogP contribution in [0.5, 0.6) is 11.5 Å². The molecule has 0 radical (unpaired) electrons. The Labute approximate surface area is 133 Å². The fourth-order valence-corrected chi connectivity index (χ4v) is 2.01. The van der Waals surface area contributed by atoms with Crippen LogP contribution in [0.3, 0.4) is 0 Å². The van der Waals surface area contributed by atoms with Crippen molar-refractivity contribution in [3.8, 4) is 23.8 Å². The number of benzene rings is 1. The SMILES string of the molecule is C#CCCCOc1c(CNC(C)(C)C)cc(Cl)cc1OC. The van der Waals surface area contributed by atoms with Gasteiger partial charge in [-0.25, -0.2) is 0 Å². The Kier molecular flexibility index (Phi) is 6.87. The lowest BCUT2D eigenvalue weighted by molar-refractivity contribution is 0.285. The molecule has 0 aliphatic carbocycles. The van der Waals surface area contributed by atoms with Crippen molar-refractivity contribution in [1.29, 1.82) is 0 Å². The molecule has 1 aromatic rings. The molecule has 0 amide bonds. The summed E-state index contributed by atoms with van der Waals surface area (Å²) < 4.78 is 11.2. The summed E-state index contributed by atoms with van der Waals surface area (Å²) in [5.41, 5.74) is 0.992. The fraction of sp³-hybridized carbons (Fsp3) is 0.529. The first kappa shape index (κ1) is 17.7. The highest BCUT2D eigenvalue weighted by molar-refractivity contribution is 6.30. The van der Waals surface area contributed by atoms with Gasteiger partial charge < -0.3 is 14.8 Å². The van der Waals surface area contributed by atoms with Crippen molar-refractivity contribution in [3.63, 3.8) is 0 Å². The summed E-state index contributed by atoms with van der Waals surface area (Å²) >= 11 is 6.14. The van der Waals surface area contributed by atoms with E-state index in [1.807, 2.05) is 6.07 Å². The van der Waals surface area contributed by atoms with E-state index < -0.39 is 0 Å². The van der Waals surface area contributed by atoms with Gasteiger partial charge in [0.15, 0.2) is 11.5 Å². The third kappa shape index (κ3) is 6.29. The molecule has 116 valence electrons. The van der Waals surface area contributed by atoms with E-state index in [4.69, 9.17) is 27.5 Å². The minimum Gasteiger partial charge on any atom is -0.493 e. The number of hydrogen-bond acceptors (Lipinski definition) is 3. The van der Waals surface area contributed by atoms with Crippen LogP contribution in [0.2, 0.25) is 5.02 Å². The molecule has 0 aromatic heterocycles. The highest BCUT2D eigenvalue weighted by atomic mass is 35.5. The van der Waals surface area contributed by atoms with Crippen LogP contribution >= 0.6 is 11.6 Å². The maximum atomic E-state index is 6.14. The van der Waals surface area contributed by atoms with Gasteiger partial charge in [-0.3, -0.25) is 0 Å². The van der Waals surface area contributed by atoms with Gasteiger partial charge in [-0.2, -0.15) is 0 Å². The predicted molar refractivity (Wildman–Crippen MR) is 88.2 cm³/mol. The largest absolute Gasteiger partial charge is 0.493 e. The topological polar surface area (TPSA) is 30.5 Å². The van der Waals surface area contributed by atoms with Crippen LogP contribution < -0.4 is 14.8 Å². The van der Waals surface area contributed by atoms with Gasteiger partial charge in [0.1, 0.15) is 0 Å². The minimum absolute atomic E-state index is 0.0102. The molecule has 0 unspecified atom stereocenters. The summed E-state index contributed by atoms with van der Waals surface area (Å²) in [4.78, 5) is 0. The Balaban J connectivity index is 2.92. The molecule has 0 saturated carbocycles. The number of nitrogens with one attached hydrogen (secondary N) is 1. The smallest absolute Gasteiger partial charge is 0.165 e. The number of unbranched alkanes of at least 4 members (excludes halogenated alkanes) is 1. The maximum absolute atomic E-state index is 6.14.